The van der Waals surface area contributed by atoms with Crippen molar-refractivity contribution in [3.8, 4) is 0 Å². The minimum Gasteiger partial charge on any atom is -0.441 e. The number of para-hydroxylation sites is 2. The number of rotatable bonds is 5. The molecule has 2 aromatic rings. The molecular formula is C14H20N2O. The fourth-order valence-corrected chi connectivity index (χ4v) is 2.07. The van der Waals surface area contributed by atoms with Crippen LogP contribution >= 0.6 is 0 Å². The second kappa shape index (κ2) is 5.32. The van der Waals surface area contributed by atoms with E-state index in [4.69, 9.17) is 4.42 Å². The summed E-state index contributed by atoms with van der Waals surface area (Å²) in [5, 5.41) is 3.35. The average molecular weight is 232 g/mol. The van der Waals surface area contributed by atoms with Gasteiger partial charge in [0.1, 0.15) is 5.52 Å². The third kappa shape index (κ3) is 2.67. The molecule has 0 aliphatic carbocycles. The molecule has 0 amide bonds. The maximum absolute atomic E-state index is 5.74. The zero-order valence-electron chi connectivity index (χ0n) is 10.7. The van der Waals surface area contributed by atoms with Gasteiger partial charge in [-0.05, 0) is 25.1 Å². The summed E-state index contributed by atoms with van der Waals surface area (Å²) in [5.41, 5.74) is 1.82. The van der Waals surface area contributed by atoms with Crippen molar-refractivity contribution in [1.82, 2.24) is 10.3 Å². The zero-order chi connectivity index (χ0) is 12.3. The lowest BCUT2D eigenvalue weighted by Crippen LogP contribution is -2.33. The largest absolute Gasteiger partial charge is 0.441 e. The average Bonchev–Trinajstić information content (AvgIpc) is 2.77. The molecule has 1 heterocycles. The van der Waals surface area contributed by atoms with Crippen LogP contribution in [0.3, 0.4) is 0 Å². The van der Waals surface area contributed by atoms with Crippen LogP contribution < -0.4 is 5.32 Å². The molecule has 17 heavy (non-hydrogen) atoms. The molecule has 0 saturated heterocycles. The molecule has 0 radical (unpaired) electrons. The Morgan fingerprint density at radius 2 is 2.12 bits per heavy atom. The minimum atomic E-state index is 0.424. The van der Waals surface area contributed by atoms with Crippen molar-refractivity contribution in [2.45, 2.75) is 32.7 Å². The van der Waals surface area contributed by atoms with Gasteiger partial charge in [0, 0.05) is 12.5 Å². The van der Waals surface area contributed by atoms with Crippen molar-refractivity contribution >= 4 is 11.1 Å². The van der Waals surface area contributed by atoms with E-state index in [9.17, 15) is 0 Å². The number of hydrogen-bond donors (Lipinski definition) is 1. The van der Waals surface area contributed by atoms with Gasteiger partial charge in [-0.2, -0.15) is 0 Å². The number of benzene rings is 1. The molecule has 3 heteroatoms. The van der Waals surface area contributed by atoms with Crippen molar-refractivity contribution in [2.75, 3.05) is 7.05 Å². The predicted molar refractivity (Wildman–Crippen MR) is 70.0 cm³/mol. The third-order valence-corrected chi connectivity index (χ3v) is 3.43. The van der Waals surface area contributed by atoms with Crippen molar-refractivity contribution in [2.24, 2.45) is 5.92 Å². The Hall–Kier alpha value is -1.35. The molecule has 1 aromatic heterocycles. The van der Waals surface area contributed by atoms with E-state index >= 15 is 0 Å². The predicted octanol–water partition coefficient (Wildman–Crippen LogP) is 3.00. The van der Waals surface area contributed by atoms with Gasteiger partial charge in [0.15, 0.2) is 11.5 Å². The van der Waals surface area contributed by atoms with E-state index in [1.54, 1.807) is 0 Å². The Morgan fingerprint density at radius 1 is 1.35 bits per heavy atom. The van der Waals surface area contributed by atoms with Crippen LogP contribution in [-0.4, -0.2) is 18.1 Å². The Labute approximate surface area is 102 Å². The monoisotopic (exact) mass is 232 g/mol. The lowest BCUT2D eigenvalue weighted by molar-refractivity contribution is 0.359. The van der Waals surface area contributed by atoms with Gasteiger partial charge in [0.05, 0.1) is 0 Å². The lowest BCUT2D eigenvalue weighted by Gasteiger charge is -2.20. The summed E-state index contributed by atoms with van der Waals surface area (Å²) in [5.74, 6) is 1.45. The van der Waals surface area contributed by atoms with E-state index in [0.29, 0.717) is 12.0 Å². The molecule has 0 spiro atoms. The molecule has 0 aliphatic rings. The van der Waals surface area contributed by atoms with Crippen LogP contribution in [-0.2, 0) is 6.42 Å². The van der Waals surface area contributed by atoms with Gasteiger partial charge in [-0.3, -0.25) is 0 Å². The molecule has 0 fully saturated rings. The van der Waals surface area contributed by atoms with Crippen LogP contribution in [0.4, 0.5) is 0 Å². The number of aromatic nitrogens is 1. The molecular weight excluding hydrogens is 212 g/mol. The highest BCUT2D eigenvalue weighted by molar-refractivity contribution is 5.72. The molecule has 2 rings (SSSR count). The van der Waals surface area contributed by atoms with Crippen LogP contribution in [0.25, 0.3) is 11.1 Å². The minimum absolute atomic E-state index is 0.424. The van der Waals surface area contributed by atoms with E-state index in [1.807, 2.05) is 31.3 Å². The Balaban J connectivity index is 2.16. The van der Waals surface area contributed by atoms with Gasteiger partial charge in [0.25, 0.3) is 0 Å². The first-order valence-corrected chi connectivity index (χ1v) is 6.26. The number of nitrogens with zero attached hydrogens (tertiary/aromatic N) is 1. The molecule has 92 valence electrons. The summed E-state index contributed by atoms with van der Waals surface area (Å²) < 4.78 is 5.74. The topological polar surface area (TPSA) is 38.1 Å². The summed E-state index contributed by atoms with van der Waals surface area (Å²) in [7, 11) is 2.00. The molecule has 1 N–H and O–H groups in total. The quantitative estimate of drug-likeness (QED) is 0.861. The van der Waals surface area contributed by atoms with Crippen molar-refractivity contribution < 1.29 is 4.42 Å². The van der Waals surface area contributed by atoms with Gasteiger partial charge in [-0.1, -0.05) is 32.4 Å². The van der Waals surface area contributed by atoms with Gasteiger partial charge in [-0.25, -0.2) is 4.98 Å². The number of hydrogen-bond acceptors (Lipinski definition) is 3. The lowest BCUT2D eigenvalue weighted by atomic mass is 9.96. The molecule has 0 saturated carbocycles. The summed E-state index contributed by atoms with van der Waals surface area (Å²) >= 11 is 0. The van der Waals surface area contributed by atoms with E-state index in [2.05, 4.69) is 24.1 Å². The Kier molecular flexibility index (Phi) is 3.79. The molecule has 3 nitrogen and oxygen atoms in total. The molecule has 2 atom stereocenters. The first-order chi connectivity index (χ1) is 8.24. The second-order valence-electron chi connectivity index (χ2n) is 4.56. The smallest absolute Gasteiger partial charge is 0.197 e. The van der Waals surface area contributed by atoms with E-state index in [-0.39, 0.29) is 0 Å². The fraction of sp³-hybridized carbons (Fsp3) is 0.500. The number of fused-ring (bicyclic) bond motifs is 1. The van der Waals surface area contributed by atoms with E-state index < -0.39 is 0 Å². The SMILES string of the molecule is CCC(C)C(Cc1nc2ccccc2o1)NC. The number of likely N-dealkylation sites (N-methyl/N-ethyl adjacent to an activating group) is 1. The zero-order valence-corrected chi connectivity index (χ0v) is 10.7. The van der Waals surface area contributed by atoms with Crippen LogP contribution in [0.5, 0.6) is 0 Å². The molecule has 2 unspecified atom stereocenters. The highest BCUT2D eigenvalue weighted by atomic mass is 16.3. The van der Waals surface area contributed by atoms with Gasteiger partial charge >= 0.3 is 0 Å². The standard InChI is InChI=1S/C14H20N2O/c1-4-10(2)12(15-3)9-14-16-11-7-5-6-8-13(11)17-14/h5-8,10,12,15H,4,9H2,1-3H3. The van der Waals surface area contributed by atoms with Crippen molar-refractivity contribution in [1.29, 1.82) is 0 Å². The number of nitrogens with one attached hydrogen (secondary N) is 1. The third-order valence-electron chi connectivity index (χ3n) is 3.43. The summed E-state index contributed by atoms with van der Waals surface area (Å²) in [6.45, 7) is 4.46. The van der Waals surface area contributed by atoms with Gasteiger partial charge in [0.2, 0.25) is 0 Å². The Bertz CT molecular complexity index is 445. The van der Waals surface area contributed by atoms with Gasteiger partial charge in [-0.15, -0.1) is 0 Å². The highest BCUT2D eigenvalue weighted by Crippen LogP contribution is 2.18. The van der Waals surface area contributed by atoms with Gasteiger partial charge < -0.3 is 9.73 Å². The maximum Gasteiger partial charge on any atom is 0.197 e. The first-order valence-electron chi connectivity index (χ1n) is 6.26. The summed E-state index contributed by atoms with van der Waals surface area (Å²) in [6.07, 6.45) is 2.01. The van der Waals surface area contributed by atoms with E-state index in [0.717, 1.165) is 29.8 Å². The number of oxazole rings is 1. The molecule has 0 aliphatic heterocycles. The highest BCUT2D eigenvalue weighted by Gasteiger charge is 2.17. The van der Waals surface area contributed by atoms with Crippen LogP contribution in [0.15, 0.2) is 28.7 Å². The first kappa shape index (κ1) is 12.1. The normalized spacial score (nSPS) is 15.0. The van der Waals surface area contributed by atoms with E-state index in [1.165, 1.54) is 0 Å². The van der Waals surface area contributed by atoms with Crippen molar-refractivity contribution in [3.63, 3.8) is 0 Å². The van der Waals surface area contributed by atoms with Crippen LogP contribution in [0.1, 0.15) is 26.2 Å². The Morgan fingerprint density at radius 3 is 2.76 bits per heavy atom. The molecule has 0 bridgehead atoms. The van der Waals surface area contributed by atoms with Crippen LogP contribution in [0.2, 0.25) is 0 Å². The fourth-order valence-electron chi connectivity index (χ4n) is 2.07. The van der Waals surface area contributed by atoms with Crippen LogP contribution in [0, 0.1) is 5.92 Å². The summed E-state index contributed by atoms with van der Waals surface area (Å²) in [6, 6.07) is 8.33. The van der Waals surface area contributed by atoms with Crippen molar-refractivity contribution in [3.05, 3.63) is 30.2 Å². The summed E-state index contributed by atoms with van der Waals surface area (Å²) in [4.78, 5) is 4.51. The maximum atomic E-state index is 5.74. The molecule has 1 aromatic carbocycles. The second-order valence-corrected chi connectivity index (χ2v) is 4.56.